The number of carbonyl (C=O) groups is 2. The number of methoxy groups -OCH3 is 1. The number of sulfonamides is 1. The smallest absolute Gasteiger partial charge is 0.264 e. The fraction of sp³-hybridized carbons (Fsp3) is 0.310. The highest BCUT2D eigenvalue weighted by atomic mass is 32.2. The van der Waals surface area contributed by atoms with Crippen molar-refractivity contribution in [2.24, 2.45) is 0 Å². The Morgan fingerprint density at radius 3 is 2.29 bits per heavy atom. The van der Waals surface area contributed by atoms with Crippen molar-refractivity contribution in [3.63, 3.8) is 0 Å². The summed E-state index contributed by atoms with van der Waals surface area (Å²) in [5.74, 6) is -0.357. The van der Waals surface area contributed by atoms with Crippen LogP contribution in [0.1, 0.15) is 31.4 Å². The van der Waals surface area contributed by atoms with Gasteiger partial charge in [-0.3, -0.25) is 13.9 Å². The molecule has 0 aliphatic rings. The number of hydrogen-bond acceptors (Lipinski definition) is 5. The third kappa shape index (κ3) is 7.13. The number of ether oxygens (including phenoxy) is 1. The molecule has 0 bridgehead atoms. The predicted molar refractivity (Wildman–Crippen MR) is 148 cm³/mol. The second kappa shape index (κ2) is 13.1. The average molecular weight is 538 g/mol. The van der Waals surface area contributed by atoms with Crippen LogP contribution < -0.4 is 14.4 Å². The van der Waals surface area contributed by atoms with Gasteiger partial charge in [-0.2, -0.15) is 0 Å². The number of amides is 2. The van der Waals surface area contributed by atoms with Crippen LogP contribution in [-0.4, -0.2) is 51.4 Å². The Bertz CT molecular complexity index is 1330. The number of hydrogen-bond donors (Lipinski definition) is 1. The molecule has 0 fully saturated rings. The van der Waals surface area contributed by atoms with Crippen molar-refractivity contribution >= 4 is 27.5 Å². The van der Waals surface area contributed by atoms with E-state index < -0.39 is 28.5 Å². The average Bonchev–Trinajstić information content (AvgIpc) is 2.93. The van der Waals surface area contributed by atoms with Gasteiger partial charge in [0.15, 0.2) is 0 Å². The van der Waals surface area contributed by atoms with E-state index in [1.165, 1.54) is 24.1 Å². The first kappa shape index (κ1) is 28.7. The summed E-state index contributed by atoms with van der Waals surface area (Å²) in [5.41, 5.74) is 2.01. The molecule has 0 spiro atoms. The molecule has 2 amide bonds. The van der Waals surface area contributed by atoms with E-state index >= 15 is 0 Å². The SMILES string of the molecule is CCCNC(=O)C(C)N(Cc1ccccc1)C(=O)CN(c1cccc(OC)c1)S(=O)(=O)c1ccc(C)cc1. The van der Waals surface area contributed by atoms with Crippen molar-refractivity contribution in [1.29, 1.82) is 0 Å². The molecule has 3 aromatic carbocycles. The molecular weight excluding hydrogens is 502 g/mol. The van der Waals surface area contributed by atoms with Crippen molar-refractivity contribution < 1.29 is 22.7 Å². The monoisotopic (exact) mass is 537 g/mol. The highest BCUT2D eigenvalue weighted by molar-refractivity contribution is 7.92. The zero-order valence-corrected chi connectivity index (χ0v) is 23.1. The maximum Gasteiger partial charge on any atom is 0.264 e. The molecule has 3 rings (SSSR count). The van der Waals surface area contributed by atoms with Crippen molar-refractivity contribution in [2.45, 2.75) is 44.7 Å². The van der Waals surface area contributed by atoms with Crippen LogP contribution in [0.2, 0.25) is 0 Å². The van der Waals surface area contributed by atoms with E-state index in [9.17, 15) is 18.0 Å². The Morgan fingerprint density at radius 1 is 0.974 bits per heavy atom. The first-order chi connectivity index (χ1) is 18.2. The largest absolute Gasteiger partial charge is 0.497 e. The molecule has 202 valence electrons. The van der Waals surface area contributed by atoms with E-state index in [1.807, 2.05) is 44.2 Å². The van der Waals surface area contributed by atoms with Gasteiger partial charge in [-0.1, -0.05) is 61.0 Å². The second-order valence-electron chi connectivity index (χ2n) is 9.00. The molecule has 0 radical (unpaired) electrons. The highest BCUT2D eigenvalue weighted by Gasteiger charge is 2.32. The standard InChI is InChI=1S/C29H35N3O5S/c1-5-18-30-29(34)23(3)31(20-24-10-7-6-8-11-24)28(33)21-32(25-12-9-13-26(19-25)37-4)38(35,36)27-16-14-22(2)15-17-27/h6-17,19,23H,5,18,20-21H2,1-4H3,(H,30,34). The summed E-state index contributed by atoms with van der Waals surface area (Å²) in [4.78, 5) is 28.2. The molecule has 1 atom stereocenters. The van der Waals surface area contributed by atoms with Crippen LogP contribution in [0.4, 0.5) is 5.69 Å². The molecule has 0 aliphatic carbocycles. The lowest BCUT2D eigenvalue weighted by Gasteiger charge is -2.32. The summed E-state index contributed by atoms with van der Waals surface area (Å²) in [6.07, 6.45) is 0.753. The number of nitrogens with zero attached hydrogens (tertiary/aromatic N) is 2. The first-order valence-electron chi connectivity index (χ1n) is 12.5. The fourth-order valence-corrected chi connectivity index (χ4v) is 5.30. The van der Waals surface area contributed by atoms with Gasteiger partial charge in [0.1, 0.15) is 18.3 Å². The zero-order chi connectivity index (χ0) is 27.7. The summed E-state index contributed by atoms with van der Waals surface area (Å²) in [6, 6.07) is 21.5. The molecule has 0 heterocycles. The Balaban J connectivity index is 2.02. The highest BCUT2D eigenvalue weighted by Crippen LogP contribution is 2.27. The molecule has 1 N–H and O–H groups in total. The van der Waals surface area contributed by atoms with Crippen molar-refractivity contribution in [3.8, 4) is 5.75 Å². The molecule has 0 aliphatic heterocycles. The van der Waals surface area contributed by atoms with E-state index in [4.69, 9.17) is 4.74 Å². The van der Waals surface area contributed by atoms with E-state index in [-0.39, 0.29) is 23.0 Å². The number of aryl methyl sites for hydroxylation is 1. The molecule has 0 saturated heterocycles. The van der Waals surface area contributed by atoms with Crippen LogP contribution >= 0.6 is 0 Å². The molecule has 3 aromatic rings. The lowest BCUT2D eigenvalue weighted by atomic mass is 10.1. The van der Waals surface area contributed by atoms with Crippen LogP contribution in [0.15, 0.2) is 83.8 Å². The minimum Gasteiger partial charge on any atom is -0.497 e. The van der Waals surface area contributed by atoms with Crippen LogP contribution in [0, 0.1) is 6.92 Å². The summed E-state index contributed by atoms with van der Waals surface area (Å²) in [5, 5.41) is 2.83. The van der Waals surface area contributed by atoms with Gasteiger partial charge in [-0.15, -0.1) is 0 Å². The predicted octanol–water partition coefficient (Wildman–Crippen LogP) is 4.14. The molecule has 8 nitrogen and oxygen atoms in total. The van der Waals surface area contributed by atoms with E-state index in [0.29, 0.717) is 12.3 Å². The van der Waals surface area contributed by atoms with Gasteiger partial charge >= 0.3 is 0 Å². The van der Waals surface area contributed by atoms with E-state index in [0.717, 1.165) is 21.9 Å². The summed E-state index contributed by atoms with van der Waals surface area (Å²) < 4.78 is 34.1. The van der Waals surface area contributed by atoms with Gasteiger partial charge in [0.25, 0.3) is 10.0 Å². The molecule has 1 unspecified atom stereocenters. The Morgan fingerprint density at radius 2 is 1.66 bits per heavy atom. The van der Waals surface area contributed by atoms with Crippen molar-refractivity contribution in [3.05, 3.63) is 90.0 Å². The van der Waals surface area contributed by atoms with E-state index in [2.05, 4.69) is 5.32 Å². The molecule has 0 aromatic heterocycles. The number of carbonyl (C=O) groups excluding carboxylic acids is 2. The minimum absolute atomic E-state index is 0.0575. The van der Waals surface area contributed by atoms with Crippen LogP contribution in [-0.2, 0) is 26.2 Å². The molecule has 38 heavy (non-hydrogen) atoms. The van der Waals surface area contributed by atoms with Crippen molar-refractivity contribution in [2.75, 3.05) is 24.5 Å². The summed E-state index contributed by atoms with van der Waals surface area (Å²) >= 11 is 0. The van der Waals surface area contributed by atoms with Crippen LogP contribution in [0.3, 0.4) is 0 Å². The van der Waals surface area contributed by atoms with Gasteiger partial charge in [-0.25, -0.2) is 8.42 Å². The van der Waals surface area contributed by atoms with Crippen LogP contribution in [0.25, 0.3) is 0 Å². The maximum atomic E-state index is 13.8. The maximum absolute atomic E-state index is 13.8. The number of nitrogens with one attached hydrogen (secondary N) is 1. The minimum atomic E-state index is -4.13. The lowest BCUT2D eigenvalue weighted by Crippen LogP contribution is -2.51. The third-order valence-electron chi connectivity index (χ3n) is 6.14. The summed E-state index contributed by atoms with van der Waals surface area (Å²) in [6.45, 7) is 5.59. The molecule has 9 heteroatoms. The fourth-order valence-electron chi connectivity index (χ4n) is 3.89. The Labute approximate surface area is 225 Å². The van der Waals surface area contributed by atoms with Gasteiger partial charge < -0.3 is 15.0 Å². The van der Waals surface area contributed by atoms with Gasteiger partial charge in [-0.05, 0) is 50.1 Å². The van der Waals surface area contributed by atoms with Gasteiger partial charge in [0, 0.05) is 19.2 Å². The number of benzene rings is 3. The quantitative estimate of drug-likeness (QED) is 0.375. The van der Waals surface area contributed by atoms with Crippen molar-refractivity contribution in [1.82, 2.24) is 10.2 Å². The third-order valence-corrected chi connectivity index (χ3v) is 7.93. The normalized spacial score (nSPS) is 11.9. The van der Waals surface area contributed by atoms with Crippen LogP contribution in [0.5, 0.6) is 5.75 Å². The lowest BCUT2D eigenvalue weighted by molar-refractivity contribution is -0.139. The van der Waals surface area contributed by atoms with Gasteiger partial charge in [0.2, 0.25) is 11.8 Å². The summed E-state index contributed by atoms with van der Waals surface area (Å²) in [7, 11) is -2.64. The van der Waals surface area contributed by atoms with Gasteiger partial charge in [0.05, 0.1) is 17.7 Å². The zero-order valence-electron chi connectivity index (χ0n) is 22.3. The Kier molecular flexibility index (Phi) is 9.90. The number of rotatable bonds is 12. The van der Waals surface area contributed by atoms with E-state index in [1.54, 1.807) is 43.3 Å². The first-order valence-corrected chi connectivity index (χ1v) is 14.0. The molecule has 0 saturated carbocycles. The molecular formula is C29H35N3O5S. The Hall–Kier alpha value is -3.85. The topological polar surface area (TPSA) is 96.0 Å². The second-order valence-corrected chi connectivity index (χ2v) is 10.9. The number of anilines is 1.